The number of piperazine rings is 1. The van der Waals surface area contributed by atoms with E-state index in [-0.39, 0.29) is 6.09 Å². The van der Waals surface area contributed by atoms with Crippen LogP contribution in [0.15, 0.2) is 48.5 Å². The van der Waals surface area contributed by atoms with Crippen LogP contribution < -0.4 is 9.64 Å². The van der Waals surface area contributed by atoms with Gasteiger partial charge in [0.15, 0.2) is 0 Å². The lowest BCUT2D eigenvalue weighted by Crippen LogP contribution is -2.49. The Morgan fingerprint density at radius 3 is 2.41 bits per heavy atom. The number of aryl methyl sites for hydroxylation is 1. The van der Waals surface area contributed by atoms with E-state index >= 15 is 0 Å². The highest BCUT2D eigenvalue weighted by Gasteiger charge is 2.23. The number of hydrogen-bond acceptors (Lipinski definition) is 4. The van der Waals surface area contributed by atoms with Crippen molar-refractivity contribution in [1.82, 2.24) is 4.90 Å². The minimum atomic E-state index is -0.233. The molecule has 0 N–H and O–H groups in total. The summed E-state index contributed by atoms with van der Waals surface area (Å²) in [7, 11) is 1.66. The van der Waals surface area contributed by atoms with Crippen LogP contribution in [0.5, 0.6) is 5.75 Å². The van der Waals surface area contributed by atoms with Crippen molar-refractivity contribution >= 4 is 23.4 Å². The van der Waals surface area contributed by atoms with Crippen LogP contribution in [0.3, 0.4) is 0 Å². The first kappa shape index (κ1) is 19.4. The summed E-state index contributed by atoms with van der Waals surface area (Å²) in [6.07, 6.45) is 1.44. The quantitative estimate of drug-likeness (QED) is 0.694. The summed E-state index contributed by atoms with van der Waals surface area (Å²) in [5, 5.41) is 0.743. The Balaban J connectivity index is 1.37. The third kappa shape index (κ3) is 5.30. The summed E-state index contributed by atoms with van der Waals surface area (Å²) in [6.45, 7) is 3.22. The van der Waals surface area contributed by atoms with Crippen molar-refractivity contribution in [2.45, 2.75) is 12.8 Å². The van der Waals surface area contributed by atoms with Gasteiger partial charge in [0.2, 0.25) is 0 Å². The Bertz CT molecular complexity index is 743. The first-order valence-corrected chi connectivity index (χ1v) is 9.59. The summed E-state index contributed by atoms with van der Waals surface area (Å²) in [6, 6.07) is 15.8. The van der Waals surface area contributed by atoms with Crippen LogP contribution in [0.4, 0.5) is 10.5 Å². The predicted octanol–water partition coefficient (Wildman–Crippen LogP) is 4.24. The van der Waals surface area contributed by atoms with Crippen LogP contribution in [0.2, 0.25) is 5.02 Å². The number of methoxy groups -OCH3 is 1. The monoisotopic (exact) mass is 388 g/mol. The van der Waals surface area contributed by atoms with Gasteiger partial charge in [0, 0.05) is 26.2 Å². The standard InChI is InChI=1S/C21H25ClN2O3/c1-26-18-10-8-17(9-11-18)5-4-16-27-21(25)24-14-12-23(13-15-24)20-7-3-2-6-19(20)22/h2-3,6-11H,4-5,12-16H2,1H3. The molecule has 6 heteroatoms. The van der Waals surface area contributed by atoms with Gasteiger partial charge in [0.25, 0.3) is 0 Å². The first-order chi connectivity index (χ1) is 13.2. The highest BCUT2D eigenvalue weighted by atomic mass is 35.5. The molecule has 2 aromatic rings. The van der Waals surface area contributed by atoms with Crippen molar-refractivity contribution in [3.05, 3.63) is 59.1 Å². The second kappa shape index (κ2) is 9.51. The Kier molecular flexibility index (Phi) is 6.82. The zero-order chi connectivity index (χ0) is 19.1. The molecule has 0 atom stereocenters. The number of benzene rings is 2. The van der Waals surface area contributed by atoms with Crippen molar-refractivity contribution in [3.63, 3.8) is 0 Å². The van der Waals surface area contributed by atoms with Gasteiger partial charge in [-0.1, -0.05) is 35.9 Å². The van der Waals surface area contributed by atoms with Crippen LogP contribution in [-0.2, 0) is 11.2 Å². The summed E-state index contributed by atoms with van der Waals surface area (Å²) >= 11 is 6.25. The molecule has 2 aromatic carbocycles. The van der Waals surface area contributed by atoms with E-state index in [4.69, 9.17) is 21.1 Å². The topological polar surface area (TPSA) is 42.0 Å². The summed E-state index contributed by atoms with van der Waals surface area (Å²) in [5.74, 6) is 0.848. The number of anilines is 1. The second-order valence-electron chi connectivity index (χ2n) is 6.49. The van der Waals surface area contributed by atoms with E-state index in [2.05, 4.69) is 4.90 Å². The molecule has 1 amide bonds. The van der Waals surface area contributed by atoms with Crippen molar-refractivity contribution in [3.8, 4) is 5.75 Å². The number of carbonyl (C=O) groups is 1. The molecule has 5 nitrogen and oxygen atoms in total. The molecule has 0 spiro atoms. The normalized spacial score (nSPS) is 14.1. The Morgan fingerprint density at radius 1 is 1.04 bits per heavy atom. The SMILES string of the molecule is COc1ccc(CCCOC(=O)N2CCN(c3ccccc3Cl)CC2)cc1. The second-order valence-corrected chi connectivity index (χ2v) is 6.90. The van der Waals surface area contributed by atoms with E-state index < -0.39 is 0 Å². The minimum absolute atomic E-state index is 0.233. The molecule has 1 heterocycles. The maximum absolute atomic E-state index is 12.2. The zero-order valence-electron chi connectivity index (χ0n) is 15.6. The van der Waals surface area contributed by atoms with Gasteiger partial charge in [-0.15, -0.1) is 0 Å². The lowest BCUT2D eigenvalue weighted by atomic mass is 10.1. The number of carbonyl (C=O) groups excluding carboxylic acids is 1. The van der Waals surface area contributed by atoms with Gasteiger partial charge in [-0.05, 0) is 42.7 Å². The van der Waals surface area contributed by atoms with Gasteiger partial charge in [0.05, 0.1) is 24.4 Å². The van der Waals surface area contributed by atoms with E-state index in [1.54, 1.807) is 12.0 Å². The van der Waals surface area contributed by atoms with Gasteiger partial charge in [0.1, 0.15) is 5.75 Å². The van der Waals surface area contributed by atoms with E-state index in [1.165, 1.54) is 5.56 Å². The molecule has 3 rings (SSSR count). The molecular weight excluding hydrogens is 364 g/mol. The number of nitrogens with zero attached hydrogens (tertiary/aromatic N) is 2. The lowest BCUT2D eigenvalue weighted by Gasteiger charge is -2.35. The van der Waals surface area contributed by atoms with Gasteiger partial charge >= 0.3 is 6.09 Å². The molecule has 144 valence electrons. The minimum Gasteiger partial charge on any atom is -0.497 e. The van der Waals surface area contributed by atoms with Crippen LogP contribution in [-0.4, -0.2) is 50.9 Å². The van der Waals surface area contributed by atoms with Crippen LogP contribution in [0, 0.1) is 0 Å². The predicted molar refractivity (Wildman–Crippen MR) is 108 cm³/mol. The maximum atomic E-state index is 12.2. The average molecular weight is 389 g/mol. The largest absolute Gasteiger partial charge is 0.497 e. The zero-order valence-corrected chi connectivity index (χ0v) is 16.3. The van der Waals surface area contributed by atoms with Crippen molar-refractivity contribution in [2.24, 2.45) is 0 Å². The van der Waals surface area contributed by atoms with E-state index in [0.717, 1.165) is 42.4 Å². The molecule has 1 saturated heterocycles. The molecule has 0 unspecified atom stereocenters. The van der Waals surface area contributed by atoms with Crippen LogP contribution in [0.25, 0.3) is 0 Å². The van der Waals surface area contributed by atoms with Crippen LogP contribution >= 0.6 is 11.6 Å². The molecule has 1 aliphatic heterocycles. The number of hydrogen-bond donors (Lipinski definition) is 0. The molecular formula is C21H25ClN2O3. The molecule has 0 saturated carbocycles. The van der Waals surface area contributed by atoms with Gasteiger partial charge in [-0.25, -0.2) is 4.79 Å². The van der Waals surface area contributed by atoms with Gasteiger partial charge < -0.3 is 19.3 Å². The maximum Gasteiger partial charge on any atom is 0.409 e. The molecule has 0 bridgehead atoms. The molecule has 27 heavy (non-hydrogen) atoms. The number of ether oxygens (including phenoxy) is 2. The fourth-order valence-electron chi connectivity index (χ4n) is 3.16. The molecule has 1 aliphatic rings. The van der Waals surface area contributed by atoms with Gasteiger partial charge in [-0.3, -0.25) is 0 Å². The van der Waals surface area contributed by atoms with E-state index in [0.29, 0.717) is 19.7 Å². The first-order valence-electron chi connectivity index (χ1n) is 9.21. The molecule has 0 aliphatic carbocycles. The third-order valence-corrected chi connectivity index (χ3v) is 5.05. The van der Waals surface area contributed by atoms with Crippen molar-refractivity contribution in [2.75, 3.05) is 44.8 Å². The number of para-hydroxylation sites is 1. The van der Waals surface area contributed by atoms with Gasteiger partial charge in [-0.2, -0.15) is 0 Å². The number of halogens is 1. The summed E-state index contributed by atoms with van der Waals surface area (Å²) in [4.78, 5) is 16.2. The molecule has 0 radical (unpaired) electrons. The number of rotatable bonds is 6. The fourth-order valence-corrected chi connectivity index (χ4v) is 3.41. The molecule has 1 fully saturated rings. The van der Waals surface area contributed by atoms with E-state index in [1.807, 2.05) is 48.5 Å². The molecule has 0 aromatic heterocycles. The lowest BCUT2D eigenvalue weighted by molar-refractivity contribution is 0.0992. The number of amides is 1. The average Bonchev–Trinajstić information content (AvgIpc) is 2.72. The Morgan fingerprint density at radius 2 is 1.74 bits per heavy atom. The Labute approximate surface area is 165 Å². The Hall–Kier alpha value is -2.40. The summed E-state index contributed by atoms with van der Waals surface area (Å²) < 4.78 is 10.6. The third-order valence-electron chi connectivity index (χ3n) is 4.73. The smallest absolute Gasteiger partial charge is 0.409 e. The summed E-state index contributed by atoms with van der Waals surface area (Å²) in [5.41, 5.74) is 2.23. The highest BCUT2D eigenvalue weighted by molar-refractivity contribution is 6.33. The van der Waals surface area contributed by atoms with E-state index in [9.17, 15) is 4.79 Å². The fraction of sp³-hybridized carbons (Fsp3) is 0.381. The van der Waals surface area contributed by atoms with Crippen LogP contribution in [0.1, 0.15) is 12.0 Å². The highest BCUT2D eigenvalue weighted by Crippen LogP contribution is 2.26. The van der Waals surface area contributed by atoms with Crippen molar-refractivity contribution in [1.29, 1.82) is 0 Å². The van der Waals surface area contributed by atoms with Crippen molar-refractivity contribution < 1.29 is 14.3 Å².